The lowest BCUT2D eigenvalue weighted by Crippen LogP contribution is -2.27. The Hall–Kier alpha value is -2.68. The fraction of sp³-hybridized carbons (Fsp3) is 0.200. The first kappa shape index (κ1) is 13.9. The first-order valence-electron chi connectivity index (χ1n) is 7.91. The van der Waals surface area contributed by atoms with E-state index < -0.39 is 5.97 Å². The van der Waals surface area contributed by atoms with Crippen molar-refractivity contribution in [2.24, 2.45) is 0 Å². The molecule has 4 rings (SSSR count). The smallest absolute Gasteiger partial charge is 0.0725 e. The second-order valence-corrected chi connectivity index (χ2v) is 6.07. The van der Waals surface area contributed by atoms with Gasteiger partial charge >= 0.3 is 0 Å². The Balaban J connectivity index is 1.87. The molecule has 3 nitrogen and oxygen atoms in total. The molecule has 23 heavy (non-hydrogen) atoms. The summed E-state index contributed by atoms with van der Waals surface area (Å²) in [6, 6.07) is 17.7. The molecule has 0 spiro atoms. The first-order chi connectivity index (χ1) is 11.2. The predicted molar refractivity (Wildman–Crippen MR) is 87.3 cm³/mol. The van der Waals surface area contributed by atoms with Gasteiger partial charge in [-0.25, -0.2) is 0 Å². The maximum atomic E-state index is 11.8. The van der Waals surface area contributed by atoms with Crippen LogP contribution in [0.2, 0.25) is 0 Å². The Morgan fingerprint density at radius 2 is 1.78 bits per heavy atom. The molecule has 3 heteroatoms. The Morgan fingerprint density at radius 3 is 2.57 bits per heavy atom. The van der Waals surface area contributed by atoms with Crippen LogP contribution in [-0.2, 0) is 12.8 Å². The summed E-state index contributed by atoms with van der Waals surface area (Å²) in [5.74, 6) is -0.765. The molecule has 1 atom stereocenters. The van der Waals surface area contributed by atoms with Crippen molar-refractivity contribution in [1.82, 2.24) is 4.98 Å². The molecule has 0 amide bonds. The number of aromatic carboxylic acids is 1. The van der Waals surface area contributed by atoms with Gasteiger partial charge in [0.2, 0.25) is 0 Å². The Kier molecular flexibility index (Phi) is 3.34. The van der Waals surface area contributed by atoms with Crippen LogP contribution in [0.4, 0.5) is 0 Å². The van der Waals surface area contributed by atoms with Gasteiger partial charge in [-0.05, 0) is 42.4 Å². The third-order valence-electron chi connectivity index (χ3n) is 4.73. The van der Waals surface area contributed by atoms with Crippen molar-refractivity contribution < 1.29 is 9.90 Å². The third-order valence-corrected chi connectivity index (χ3v) is 4.73. The number of aromatic nitrogens is 1. The summed E-state index contributed by atoms with van der Waals surface area (Å²) in [5.41, 5.74) is 4.09. The predicted octanol–water partition coefficient (Wildman–Crippen LogP) is 2.87. The van der Waals surface area contributed by atoms with E-state index in [9.17, 15) is 9.90 Å². The van der Waals surface area contributed by atoms with E-state index in [2.05, 4.69) is 12.1 Å². The normalized spacial score (nSPS) is 17.0. The number of para-hydroxylation sites is 1. The largest absolute Gasteiger partial charge is 0.545 e. The fourth-order valence-corrected chi connectivity index (χ4v) is 3.63. The van der Waals surface area contributed by atoms with Gasteiger partial charge in [0.25, 0.3) is 0 Å². The summed E-state index contributed by atoms with van der Waals surface area (Å²) in [6.45, 7) is 0. The molecule has 1 aromatic heterocycles. The lowest BCUT2D eigenvalue weighted by atomic mass is 9.80. The topological polar surface area (TPSA) is 53.0 Å². The van der Waals surface area contributed by atoms with Crippen LogP contribution >= 0.6 is 0 Å². The highest BCUT2D eigenvalue weighted by atomic mass is 16.4. The minimum atomic E-state index is -1.10. The van der Waals surface area contributed by atoms with Crippen molar-refractivity contribution in [3.8, 4) is 0 Å². The van der Waals surface area contributed by atoms with Crippen LogP contribution in [-0.4, -0.2) is 11.0 Å². The molecule has 0 saturated heterocycles. The summed E-state index contributed by atoms with van der Waals surface area (Å²) >= 11 is 0. The van der Waals surface area contributed by atoms with E-state index >= 15 is 0 Å². The molecule has 0 N–H and O–H groups in total. The monoisotopic (exact) mass is 302 g/mol. The molecule has 0 saturated carbocycles. The van der Waals surface area contributed by atoms with Gasteiger partial charge in [-0.3, -0.25) is 4.98 Å². The molecule has 0 bridgehead atoms. The van der Waals surface area contributed by atoms with Gasteiger partial charge in [0, 0.05) is 16.6 Å². The van der Waals surface area contributed by atoms with Gasteiger partial charge in [0.1, 0.15) is 0 Å². The molecule has 1 unspecified atom stereocenters. The highest BCUT2D eigenvalue weighted by molar-refractivity contribution is 6.03. The number of hydrogen-bond donors (Lipinski definition) is 0. The lowest BCUT2D eigenvalue weighted by molar-refractivity contribution is -0.254. The minimum Gasteiger partial charge on any atom is -0.545 e. The molecule has 3 aromatic rings. The van der Waals surface area contributed by atoms with E-state index in [-0.39, 0.29) is 0 Å². The van der Waals surface area contributed by atoms with Gasteiger partial charge in [0.05, 0.1) is 11.5 Å². The molecule has 0 aliphatic heterocycles. The van der Waals surface area contributed by atoms with Gasteiger partial charge in [-0.2, -0.15) is 0 Å². The van der Waals surface area contributed by atoms with Crippen LogP contribution in [0.25, 0.3) is 10.9 Å². The van der Waals surface area contributed by atoms with Gasteiger partial charge in [0.15, 0.2) is 0 Å². The number of benzene rings is 2. The van der Waals surface area contributed by atoms with E-state index in [4.69, 9.17) is 4.98 Å². The SMILES string of the molecule is O=C([O-])c1c2c(nc3ccccc13)CCC(c1ccccc1)C2. The fourth-order valence-electron chi connectivity index (χ4n) is 3.63. The van der Waals surface area contributed by atoms with E-state index in [1.54, 1.807) is 0 Å². The molecule has 0 fully saturated rings. The number of nitrogens with zero attached hydrogens (tertiary/aromatic N) is 1. The third kappa shape index (κ3) is 2.38. The minimum absolute atomic E-state index is 0.325. The second-order valence-electron chi connectivity index (χ2n) is 6.07. The number of carbonyl (C=O) groups is 1. The van der Waals surface area contributed by atoms with Crippen LogP contribution in [0.5, 0.6) is 0 Å². The van der Waals surface area contributed by atoms with Gasteiger partial charge in [-0.1, -0.05) is 48.5 Å². The molecule has 0 radical (unpaired) electrons. The molecule has 1 heterocycles. The average Bonchev–Trinajstić information content (AvgIpc) is 2.59. The highest BCUT2D eigenvalue weighted by Crippen LogP contribution is 2.35. The zero-order valence-corrected chi connectivity index (χ0v) is 12.7. The molecule has 1 aliphatic carbocycles. The van der Waals surface area contributed by atoms with Crippen LogP contribution in [0, 0.1) is 0 Å². The van der Waals surface area contributed by atoms with Crippen LogP contribution < -0.4 is 5.11 Å². The number of rotatable bonds is 2. The second kappa shape index (κ2) is 5.51. The summed E-state index contributed by atoms with van der Waals surface area (Å²) in [5, 5.41) is 12.5. The first-order valence-corrected chi connectivity index (χ1v) is 7.91. The maximum absolute atomic E-state index is 11.8. The van der Waals surface area contributed by atoms with Crippen molar-refractivity contribution >= 4 is 16.9 Å². The number of carboxylic acid groups (broad SMARTS) is 1. The molecule has 1 aliphatic rings. The van der Waals surface area contributed by atoms with E-state index in [0.29, 0.717) is 23.3 Å². The number of fused-ring (bicyclic) bond motifs is 2. The van der Waals surface area contributed by atoms with E-state index in [0.717, 1.165) is 29.6 Å². The number of aryl methyl sites for hydroxylation is 1. The van der Waals surface area contributed by atoms with Crippen molar-refractivity contribution in [2.75, 3.05) is 0 Å². The summed E-state index contributed by atoms with van der Waals surface area (Å²) in [7, 11) is 0. The molecule has 2 aromatic carbocycles. The van der Waals surface area contributed by atoms with Crippen molar-refractivity contribution in [2.45, 2.75) is 25.2 Å². The van der Waals surface area contributed by atoms with Crippen molar-refractivity contribution in [3.05, 3.63) is 77.0 Å². The standard InChI is InChI=1S/C20H17NO2/c22-20(23)19-15-8-4-5-9-17(15)21-18-11-10-14(12-16(18)19)13-6-2-1-3-7-13/h1-9,14H,10-12H2,(H,22,23)/p-1. The van der Waals surface area contributed by atoms with Crippen molar-refractivity contribution in [3.63, 3.8) is 0 Å². The van der Waals surface area contributed by atoms with Gasteiger partial charge < -0.3 is 9.90 Å². The lowest BCUT2D eigenvalue weighted by Gasteiger charge is -2.27. The number of carbonyl (C=O) groups excluding carboxylic acids is 1. The Morgan fingerprint density at radius 1 is 1.04 bits per heavy atom. The van der Waals surface area contributed by atoms with Crippen molar-refractivity contribution in [1.29, 1.82) is 0 Å². The van der Waals surface area contributed by atoms with Crippen LogP contribution in [0.1, 0.15) is 39.5 Å². The maximum Gasteiger partial charge on any atom is 0.0725 e. The average molecular weight is 302 g/mol. The van der Waals surface area contributed by atoms with Gasteiger partial charge in [-0.15, -0.1) is 0 Å². The van der Waals surface area contributed by atoms with Crippen LogP contribution in [0.3, 0.4) is 0 Å². The molecular formula is C20H16NO2-. The van der Waals surface area contributed by atoms with E-state index in [1.807, 2.05) is 42.5 Å². The zero-order valence-electron chi connectivity index (χ0n) is 12.7. The van der Waals surface area contributed by atoms with E-state index in [1.165, 1.54) is 5.56 Å². The number of carboxylic acids is 1. The quantitative estimate of drug-likeness (QED) is 0.731. The summed E-state index contributed by atoms with van der Waals surface area (Å²) in [6.07, 6.45) is 2.51. The number of hydrogen-bond acceptors (Lipinski definition) is 3. The van der Waals surface area contributed by atoms with Crippen LogP contribution in [0.15, 0.2) is 54.6 Å². The summed E-state index contributed by atoms with van der Waals surface area (Å²) < 4.78 is 0. The summed E-state index contributed by atoms with van der Waals surface area (Å²) in [4.78, 5) is 16.5. The molecule has 114 valence electrons. The number of pyridine rings is 1. The Bertz CT molecular complexity index is 887. The Labute approximate surface area is 134 Å². The molecular weight excluding hydrogens is 286 g/mol. The highest BCUT2D eigenvalue weighted by Gasteiger charge is 2.25. The zero-order chi connectivity index (χ0) is 15.8.